The Hall–Kier alpha value is -7.41. The number of carbonyl (C=O) groups excluding carboxylic acids is 5. The normalized spacial score (nSPS) is 16.3. The predicted molar refractivity (Wildman–Crippen MR) is 291 cm³/mol. The second-order valence-corrected chi connectivity index (χ2v) is 21.3. The third kappa shape index (κ3) is 14.5. The van der Waals surface area contributed by atoms with E-state index in [4.69, 9.17) is 0 Å². The van der Waals surface area contributed by atoms with Crippen molar-refractivity contribution in [2.45, 2.75) is 104 Å². The summed E-state index contributed by atoms with van der Waals surface area (Å²) in [5, 5.41) is 22.8. The largest absolute Gasteiger partial charge is 0.391 e. The van der Waals surface area contributed by atoms with E-state index in [-0.39, 0.29) is 49.6 Å². The molecule has 5 amide bonds. The van der Waals surface area contributed by atoms with Crippen molar-refractivity contribution in [1.29, 1.82) is 0 Å². The van der Waals surface area contributed by atoms with Crippen molar-refractivity contribution in [1.82, 2.24) is 45.3 Å². The number of thiazole rings is 1. The average molecular weight is 1030 g/mol. The highest BCUT2D eigenvalue weighted by atomic mass is 32.1. The summed E-state index contributed by atoms with van der Waals surface area (Å²) in [6, 6.07) is 25.0. The van der Waals surface area contributed by atoms with Gasteiger partial charge < -0.3 is 36.2 Å². The van der Waals surface area contributed by atoms with Crippen molar-refractivity contribution in [2.75, 3.05) is 43.4 Å². The molecule has 2 aliphatic heterocycles. The third-order valence-electron chi connectivity index (χ3n) is 13.7. The first-order chi connectivity index (χ1) is 36.1. The number of nitrogens with one attached hydrogen (secondary N) is 4. The Balaban J connectivity index is 0.723. The molecule has 0 radical (unpaired) electrons. The van der Waals surface area contributed by atoms with Gasteiger partial charge in [-0.1, -0.05) is 69.7 Å². The molecule has 5 N–H and O–H groups in total. The number of aromatic nitrogens is 4. The first kappa shape index (κ1) is 53.9. The molecule has 3 aromatic heterocycles. The number of amides is 5. The summed E-state index contributed by atoms with van der Waals surface area (Å²) in [4.78, 5) is 91.6. The molecule has 2 fully saturated rings. The number of aliphatic hydroxyl groups is 1. The number of aliphatic hydroxyl groups excluding tert-OH is 1. The molecule has 2 saturated heterocycles. The zero-order valence-corrected chi connectivity index (χ0v) is 44.2. The number of rotatable bonds is 19. The second-order valence-electron chi connectivity index (χ2n) is 20.5. The fraction of sp³-hybridized carbons (Fsp3) is 0.386. The van der Waals surface area contributed by atoms with Crippen LogP contribution in [0.4, 0.5) is 17.3 Å². The molecule has 0 aliphatic carbocycles. The number of hydrogen-bond acceptors (Lipinski definition) is 13. The topological polar surface area (TPSA) is 215 Å². The summed E-state index contributed by atoms with van der Waals surface area (Å²) in [7, 11) is 0. The van der Waals surface area contributed by atoms with Gasteiger partial charge in [0.1, 0.15) is 12.1 Å². The number of pyridine rings is 1. The quantitative estimate of drug-likeness (QED) is 0.0494. The van der Waals surface area contributed by atoms with Crippen LogP contribution >= 0.6 is 11.3 Å². The molecule has 8 rings (SSSR count). The van der Waals surface area contributed by atoms with Gasteiger partial charge in [0.05, 0.1) is 27.9 Å². The summed E-state index contributed by atoms with van der Waals surface area (Å²) in [6.45, 7) is 13.2. The van der Waals surface area contributed by atoms with Gasteiger partial charge in [0.2, 0.25) is 29.6 Å². The smallest absolute Gasteiger partial charge is 0.255 e. The van der Waals surface area contributed by atoms with Crippen molar-refractivity contribution >= 4 is 58.2 Å². The molecular weight excluding hydrogens is 967 g/mol. The molecule has 3 atom stereocenters. The van der Waals surface area contributed by atoms with E-state index in [1.54, 1.807) is 29.9 Å². The Morgan fingerprint density at radius 1 is 0.827 bits per heavy atom. The van der Waals surface area contributed by atoms with Crippen LogP contribution in [0.15, 0.2) is 109 Å². The Labute approximate surface area is 442 Å². The van der Waals surface area contributed by atoms with E-state index in [1.165, 1.54) is 4.90 Å². The molecule has 392 valence electrons. The van der Waals surface area contributed by atoms with Crippen LogP contribution in [0, 0.1) is 19.3 Å². The molecule has 0 spiro atoms. The maximum Gasteiger partial charge on any atom is 0.255 e. The minimum absolute atomic E-state index is 0.000713. The van der Waals surface area contributed by atoms with Gasteiger partial charge in [-0.3, -0.25) is 33.9 Å². The number of nitrogens with zero attached hydrogens (tertiary/aromatic N) is 7. The molecule has 75 heavy (non-hydrogen) atoms. The van der Waals surface area contributed by atoms with Gasteiger partial charge in [0.15, 0.2) is 0 Å². The van der Waals surface area contributed by atoms with E-state index in [0.29, 0.717) is 62.5 Å². The van der Waals surface area contributed by atoms with Gasteiger partial charge in [-0.25, -0.2) is 15.0 Å². The molecule has 1 unspecified atom stereocenters. The van der Waals surface area contributed by atoms with Crippen LogP contribution in [0.2, 0.25) is 0 Å². The van der Waals surface area contributed by atoms with E-state index < -0.39 is 29.5 Å². The fourth-order valence-electron chi connectivity index (χ4n) is 9.34. The Kier molecular flexibility index (Phi) is 17.8. The highest BCUT2D eigenvalue weighted by Crippen LogP contribution is 2.30. The Bertz CT molecular complexity index is 2940. The van der Waals surface area contributed by atoms with Gasteiger partial charge in [0.25, 0.3) is 5.91 Å². The molecule has 5 heterocycles. The number of benzene rings is 3. The number of aryl methyl sites for hydroxylation is 2. The zero-order chi connectivity index (χ0) is 53.1. The Morgan fingerprint density at radius 3 is 2.28 bits per heavy atom. The van der Waals surface area contributed by atoms with Crippen LogP contribution in [0.3, 0.4) is 0 Å². The number of unbranched alkanes of at least 4 members (excludes halogenated alkanes) is 2. The molecule has 18 heteroatoms. The SMILES string of the molecule is Cc1ccc(NC(=O)c2ccc(CN3CCN(C(=O)CCCCCC(=O)NC(C(=O)N4C[C@H](O)C[C@H]4C(=O)NCc4ccc(-c5scnc5C)cc4)C(C)(C)C)CC3)cc2)cc1Nc1nccc(-c2cccnc2)n1. The number of β-amino-alcohol motifs (C(OH)–C–C–N with tert-alkyl or cyclic N) is 1. The minimum Gasteiger partial charge on any atom is -0.391 e. The fourth-order valence-corrected chi connectivity index (χ4v) is 10.1. The molecular formula is C57H67N11O6S. The van der Waals surface area contributed by atoms with Crippen molar-refractivity contribution in [3.05, 3.63) is 137 Å². The average Bonchev–Trinajstić information content (AvgIpc) is 4.03. The lowest BCUT2D eigenvalue weighted by molar-refractivity contribution is -0.144. The van der Waals surface area contributed by atoms with Crippen LogP contribution in [-0.2, 0) is 32.3 Å². The summed E-state index contributed by atoms with van der Waals surface area (Å²) in [5.74, 6) is -0.732. The molecule has 0 saturated carbocycles. The lowest BCUT2D eigenvalue weighted by Crippen LogP contribution is -2.57. The molecule has 3 aromatic carbocycles. The van der Waals surface area contributed by atoms with Crippen molar-refractivity contribution in [3.63, 3.8) is 0 Å². The highest BCUT2D eigenvalue weighted by Gasteiger charge is 2.44. The lowest BCUT2D eigenvalue weighted by atomic mass is 9.85. The molecule has 6 aromatic rings. The van der Waals surface area contributed by atoms with Crippen LogP contribution in [0.1, 0.15) is 92.0 Å². The highest BCUT2D eigenvalue weighted by molar-refractivity contribution is 7.13. The maximum atomic E-state index is 14.1. The van der Waals surface area contributed by atoms with Crippen molar-refractivity contribution in [3.8, 4) is 21.7 Å². The molecule has 0 bridgehead atoms. The standard InChI is InChI=1S/C57H67N11O6S/c1-37-13-22-44(30-47(37)64-56-59-25-23-46(63-56)43-10-9-24-58-33-43)62-53(72)42-20-16-40(17-21-42)34-66-26-28-67(29-27-66)50(71)12-8-6-7-11-49(70)65-52(57(3,4)5)55(74)68-35-45(69)31-48(68)54(73)60-32-39-14-18-41(19-15-39)51-38(2)61-36-75-51/h9-10,13-25,30,33,36,45,48,52,69H,6-8,11-12,26-29,31-32,34-35H2,1-5H3,(H,60,73)(H,62,72)(H,65,70)(H,59,63,64)/t45-,48+,52?/m1/s1. The van der Waals surface area contributed by atoms with Gasteiger partial charge in [0, 0.05) is 106 Å². The van der Waals surface area contributed by atoms with Crippen LogP contribution < -0.4 is 21.3 Å². The van der Waals surface area contributed by atoms with E-state index in [0.717, 1.165) is 62.9 Å². The predicted octanol–water partition coefficient (Wildman–Crippen LogP) is 7.68. The maximum absolute atomic E-state index is 14.1. The number of likely N-dealkylation sites (tertiary alicyclic amines) is 1. The van der Waals surface area contributed by atoms with E-state index in [2.05, 4.69) is 46.1 Å². The first-order valence-corrected chi connectivity index (χ1v) is 26.5. The van der Waals surface area contributed by atoms with Gasteiger partial charge in [-0.2, -0.15) is 0 Å². The second kappa shape index (κ2) is 24.7. The molecule has 2 aliphatic rings. The number of hydrogen-bond donors (Lipinski definition) is 5. The summed E-state index contributed by atoms with van der Waals surface area (Å²) in [6.07, 6.45) is 6.87. The van der Waals surface area contributed by atoms with Crippen LogP contribution in [0.5, 0.6) is 0 Å². The van der Waals surface area contributed by atoms with Crippen molar-refractivity contribution < 1.29 is 29.1 Å². The van der Waals surface area contributed by atoms with Crippen LogP contribution in [0.25, 0.3) is 21.7 Å². The minimum atomic E-state index is -0.909. The van der Waals surface area contributed by atoms with Gasteiger partial charge in [-0.15, -0.1) is 11.3 Å². The van der Waals surface area contributed by atoms with E-state index in [9.17, 15) is 29.1 Å². The van der Waals surface area contributed by atoms with Crippen molar-refractivity contribution in [2.24, 2.45) is 5.41 Å². The summed E-state index contributed by atoms with van der Waals surface area (Å²) in [5.41, 5.74) is 9.67. The molecule has 17 nitrogen and oxygen atoms in total. The summed E-state index contributed by atoms with van der Waals surface area (Å²) < 4.78 is 0. The third-order valence-corrected chi connectivity index (χ3v) is 14.7. The van der Waals surface area contributed by atoms with Gasteiger partial charge in [-0.05, 0) is 96.8 Å². The zero-order valence-electron chi connectivity index (χ0n) is 43.3. The number of carbonyl (C=O) groups is 5. The van der Waals surface area contributed by atoms with E-state index in [1.807, 2.05) is 130 Å². The lowest BCUT2D eigenvalue weighted by Gasteiger charge is -2.35. The number of anilines is 3. The van der Waals surface area contributed by atoms with E-state index >= 15 is 0 Å². The monoisotopic (exact) mass is 1030 g/mol. The van der Waals surface area contributed by atoms with Gasteiger partial charge >= 0.3 is 0 Å². The Morgan fingerprint density at radius 2 is 1.57 bits per heavy atom. The van der Waals surface area contributed by atoms with Crippen LogP contribution in [-0.4, -0.2) is 120 Å². The summed E-state index contributed by atoms with van der Waals surface area (Å²) >= 11 is 1.57. The first-order valence-electron chi connectivity index (χ1n) is 25.6. The number of piperazine rings is 1.